The highest BCUT2D eigenvalue weighted by Crippen LogP contribution is 2.24. The fourth-order valence-electron chi connectivity index (χ4n) is 2.94. The van der Waals surface area contributed by atoms with Crippen molar-refractivity contribution in [1.82, 2.24) is 9.38 Å². The van der Waals surface area contributed by atoms with E-state index < -0.39 is 10.0 Å². The smallest absolute Gasteiger partial charge is 0.263 e. The SMILES string of the molecule is Cc1ccn2cc(-c3ccc(NS(=O)(=O)c4ccccc4C#N)cc3)nc2c1. The number of aromatic nitrogens is 2. The second-order valence-corrected chi connectivity index (χ2v) is 8.04. The molecule has 0 aliphatic carbocycles. The summed E-state index contributed by atoms with van der Waals surface area (Å²) in [5.41, 5.74) is 4.18. The van der Waals surface area contributed by atoms with Gasteiger partial charge in [-0.3, -0.25) is 4.72 Å². The summed E-state index contributed by atoms with van der Waals surface area (Å²) in [6.07, 6.45) is 3.88. The zero-order chi connectivity index (χ0) is 19.7. The van der Waals surface area contributed by atoms with Gasteiger partial charge in [-0.15, -0.1) is 0 Å². The quantitative estimate of drug-likeness (QED) is 0.573. The van der Waals surface area contributed by atoms with Gasteiger partial charge in [-0.05, 0) is 48.9 Å². The number of fused-ring (bicyclic) bond motifs is 1. The van der Waals surface area contributed by atoms with Crippen LogP contribution < -0.4 is 4.72 Å². The molecule has 6 nitrogen and oxygen atoms in total. The van der Waals surface area contributed by atoms with E-state index in [0.717, 1.165) is 22.5 Å². The lowest BCUT2D eigenvalue weighted by molar-refractivity contribution is 0.601. The summed E-state index contributed by atoms with van der Waals surface area (Å²) in [7, 11) is -3.85. The van der Waals surface area contributed by atoms with E-state index in [1.807, 2.05) is 54.1 Å². The highest BCUT2D eigenvalue weighted by Gasteiger charge is 2.18. The van der Waals surface area contributed by atoms with Crippen molar-refractivity contribution in [3.63, 3.8) is 0 Å². The first-order valence-corrected chi connectivity index (χ1v) is 10.0. The first-order chi connectivity index (χ1) is 13.5. The number of hydrogen-bond donors (Lipinski definition) is 1. The van der Waals surface area contributed by atoms with Gasteiger partial charge >= 0.3 is 0 Å². The van der Waals surface area contributed by atoms with Crippen molar-refractivity contribution in [2.24, 2.45) is 0 Å². The second kappa shape index (κ2) is 6.83. The van der Waals surface area contributed by atoms with Crippen molar-refractivity contribution in [2.75, 3.05) is 4.72 Å². The predicted molar refractivity (Wildman–Crippen MR) is 107 cm³/mol. The van der Waals surface area contributed by atoms with Crippen LogP contribution in [0.15, 0.2) is 78.0 Å². The van der Waals surface area contributed by atoms with Crippen molar-refractivity contribution >= 4 is 21.4 Å². The Labute approximate surface area is 162 Å². The Morgan fingerprint density at radius 2 is 1.82 bits per heavy atom. The Morgan fingerprint density at radius 1 is 1.07 bits per heavy atom. The Hall–Kier alpha value is -3.63. The van der Waals surface area contributed by atoms with Crippen molar-refractivity contribution in [3.8, 4) is 17.3 Å². The number of pyridine rings is 1. The molecule has 2 aromatic heterocycles. The van der Waals surface area contributed by atoms with Gasteiger partial charge in [0.05, 0.1) is 11.3 Å². The van der Waals surface area contributed by atoms with Gasteiger partial charge in [-0.1, -0.05) is 24.3 Å². The summed E-state index contributed by atoms with van der Waals surface area (Å²) < 4.78 is 29.7. The van der Waals surface area contributed by atoms with Crippen LogP contribution in [0, 0.1) is 18.3 Å². The summed E-state index contributed by atoms with van der Waals surface area (Å²) in [5, 5.41) is 9.14. The van der Waals surface area contributed by atoms with E-state index in [4.69, 9.17) is 5.26 Å². The molecule has 7 heteroatoms. The topological polar surface area (TPSA) is 87.3 Å². The lowest BCUT2D eigenvalue weighted by Gasteiger charge is -2.09. The van der Waals surface area contributed by atoms with Crippen LogP contribution in [-0.2, 0) is 10.0 Å². The van der Waals surface area contributed by atoms with E-state index in [2.05, 4.69) is 9.71 Å². The highest BCUT2D eigenvalue weighted by atomic mass is 32.2. The highest BCUT2D eigenvalue weighted by molar-refractivity contribution is 7.92. The molecule has 2 heterocycles. The van der Waals surface area contributed by atoms with Crippen LogP contribution in [0.2, 0.25) is 0 Å². The van der Waals surface area contributed by atoms with Crippen LogP contribution in [0.25, 0.3) is 16.9 Å². The van der Waals surface area contributed by atoms with Gasteiger partial charge in [0.25, 0.3) is 10.0 Å². The minimum atomic E-state index is -3.85. The van der Waals surface area contributed by atoms with Gasteiger partial charge in [0.2, 0.25) is 0 Å². The minimum absolute atomic E-state index is 0.0442. The minimum Gasteiger partial charge on any atom is -0.306 e. The van der Waals surface area contributed by atoms with E-state index in [-0.39, 0.29) is 10.5 Å². The van der Waals surface area contributed by atoms with Crippen molar-refractivity contribution in [2.45, 2.75) is 11.8 Å². The zero-order valence-electron chi connectivity index (χ0n) is 15.0. The molecule has 0 saturated carbocycles. The Balaban J connectivity index is 1.62. The molecule has 0 bridgehead atoms. The molecule has 4 rings (SSSR count). The average Bonchev–Trinajstić information content (AvgIpc) is 3.11. The molecule has 0 amide bonds. The monoisotopic (exact) mass is 388 g/mol. The van der Waals surface area contributed by atoms with Crippen LogP contribution in [0.5, 0.6) is 0 Å². The Kier molecular flexibility index (Phi) is 4.34. The summed E-state index contributed by atoms with van der Waals surface area (Å²) in [6.45, 7) is 2.01. The first kappa shape index (κ1) is 17.8. The third-order valence-corrected chi connectivity index (χ3v) is 5.79. The summed E-state index contributed by atoms with van der Waals surface area (Å²) >= 11 is 0. The summed E-state index contributed by atoms with van der Waals surface area (Å²) in [5.74, 6) is 0. The number of aryl methyl sites for hydroxylation is 1. The summed E-state index contributed by atoms with van der Waals surface area (Å²) in [6, 6.07) is 19.0. The van der Waals surface area contributed by atoms with E-state index in [1.165, 1.54) is 12.1 Å². The maximum absolute atomic E-state index is 12.6. The van der Waals surface area contributed by atoms with Gasteiger partial charge < -0.3 is 4.40 Å². The standard InChI is InChI=1S/C21H16N4O2S/c1-15-10-11-25-14-19(23-21(25)12-15)16-6-8-18(9-7-16)24-28(26,27)20-5-3-2-4-17(20)13-22/h2-12,14,24H,1H3. The van der Waals surface area contributed by atoms with Crippen LogP contribution in [0.4, 0.5) is 5.69 Å². The third kappa shape index (κ3) is 3.33. The number of benzene rings is 2. The predicted octanol–water partition coefficient (Wildman–Crippen LogP) is 3.98. The molecule has 2 aromatic carbocycles. The van der Waals surface area contributed by atoms with Crippen LogP contribution >= 0.6 is 0 Å². The normalized spacial score (nSPS) is 11.3. The molecular weight excluding hydrogens is 372 g/mol. The molecular formula is C21H16N4O2S. The third-order valence-electron chi connectivity index (χ3n) is 4.35. The second-order valence-electron chi connectivity index (χ2n) is 6.39. The fourth-order valence-corrected chi connectivity index (χ4v) is 4.15. The number of sulfonamides is 1. The lowest BCUT2D eigenvalue weighted by atomic mass is 10.1. The summed E-state index contributed by atoms with van der Waals surface area (Å²) in [4.78, 5) is 4.56. The maximum Gasteiger partial charge on any atom is 0.263 e. The average molecular weight is 388 g/mol. The van der Waals surface area contributed by atoms with Crippen molar-refractivity contribution < 1.29 is 8.42 Å². The van der Waals surface area contributed by atoms with Gasteiger partial charge in [0.1, 0.15) is 16.6 Å². The molecule has 0 saturated heterocycles. The molecule has 0 radical (unpaired) electrons. The number of anilines is 1. The number of rotatable bonds is 4. The molecule has 0 aliphatic rings. The Morgan fingerprint density at radius 3 is 2.57 bits per heavy atom. The fraction of sp³-hybridized carbons (Fsp3) is 0.0476. The first-order valence-electron chi connectivity index (χ1n) is 8.54. The molecule has 0 unspecified atom stereocenters. The zero-order valence-corrected chi connectivity index (χ0v) is 15.8. The number of nitriles is 1. The number of imidazole rings is 1. The van der Waals surface area contributed by atoms with Gasteiger partial charge in [0, 0.05) is 23.6 Å². The van der Waals surface area contributed by atoms with Gasteiger partial charge in [0.15, 0.2) is 0 Å². The van der Waals surface area contributed by atoms with Crippen LogP contribution in [-0.4, -0.2) is 17.8 Å². The van der Waals surface area contributed by atoms with E-state index in [1.54, 1.807) is 24.3 Å². The van der Waals surface area contributed by atoms with Crippen LogP contribution in [0.3, 0.4) is 0 Å². The Bertz CT molecular complexity index is 1320. The van der Waals surface area contributed by atoms with E-state index in [9.17, 15) is 8.42 Å². The molecule has 1 N–H and O–H groups in total. The van der Waals surface area contributed by atoms with Crippen LogP contribution in [0.1, 0.15) is 11.1 Å². The molecule has 0 spiro atoms. The molecule has 0 fully saturated rings. The van der Waals surface area contributed by atoms with Crippen molar-refractivity contribution in [1.29, 1.82) is 5.26 Å². The largest absolute Gasteiger partial charge is 0.306 e. The molecule has 138 valence electrons. The van der Waals surface area contributed by atoms with E-state index in [0.29, 0.717) is 5.69 Å². The van der Waals surface area contributed by atoms with Gasteiger partial charge in [-0.2, -0.15) is 5.26 Å². The molecule has 4 aromatic rings. The maximum atomic E-state index is 12.6. The molecule has 0 atom stereocenters. The number of hydrogen-bond acceptors (Lipinski definition) is 4. The molecule has 28 heavy (non-hydrogen) atoms. The number of nitrogens with one attached hydrogen (secondary N) is 1. The van der Waals surface area contributed by atoms with Gasteiger partial charge in [-0.25, -0.2) is 13.4 Å². The van der Waals surface area contributed by atoms with E-state index >= 15 is 0 Å². The lowest BCUT2D eigenvalue weighted by Crippen LogP contribution is -2.14. The van der Waals surface area contributed by atoms with Crippen molar-refractivity contribution in [3.05, 3.63) is 84.2 Å². The number of nitrogens with zero attached hydrogens (tertiary/aromatic N) is 3. The molecule has 0 aliphatic heterocycles.